The lowest BCUT2D eigenvalue weighted by Gasteiger charge is -2.38. The van der Waals surface area contributed by atoms with Crippen molar-refractivity contribution in [2.45, 2.75) is 69.3 Å². The molecule has 196 valence electrons. The molecule has 1 fully saturated rings. The number of hydrogen-bond acceptors (Lipinski definition) is 6. The van der Waals surface area contributed by atoms with Crippen LogP contribution in [0, 0.1) is 0 Å². The molecule has 0 spiro atoms. The number of halogens is 2. The molecule has 2 aromatic carbocycles. The van der Waals surface area contributed by atoms with Gasteiger partial charge in [-0.2, -0.15) is 8.78 Å². The van der Waals surface area contributed by atoms with Gasteiger partial charge in [0.15, 0.2) is 6.29 Å². The van der Waals surface area contributed by atoms with Gasteiger partial charge in [0.1, 0.15) is 11.6 Å². The van der Waals surface area contributed by atoms with Crippen LogP contribution in [0.15, 0.2) is 36.4 Å². The van der Waals surface area contributed by atoms with E-state index in [1.165, 1.54) is 12.1 Å². The van der Waals surface area contributed by atoms with E-state index in [-0.39, 0.29) is 11.3 Å². The van der Waals surface area contributed by atoms with Gasteiger partial charge in [-0.3, -0.25) is 4.79 Å². The summed E-state index contributed by atoms with van der Waals surface area (Å²) in [5, 5.41) is -1.69. The summed E-state index contributed by atoms with van der Waals surface area (Å²) < 4.78 is 46.1. The van der Waals surface area contributed by atoms with Crippen LogP contribution in [0.2, 0.25) is 0 Å². The minimum atomic E-state index is -3.08. The van der Waals surface area contributed by atoms with Crippen LogP contribution in [0.3, 0.4) is 0 Å². The second kappa shape index (κ2) is 9.49. The van der Waals surface area contributed by atoms with E-state index < -0.39 is 42.3 Å². The van der Waals surface area contributed by atoms with Crippen molar-refractivity contribution in [3.05, 3.63) is 53.3 Å². The predicted molar refractivity (Wildman–Crippen MR) is 147 cm³/mol. The molecule has 5 rings (SSSR count). The molecule has 13 heteroatoms. The summed E-state index contributed by atoms with van der Waals surface area (Å²) in [5.74, 6) is 0.468. The minimum Gasteiger partial charge on any atom is -0.434 e. The topological polar surface area (TPSA) is 65.8 Å². The number of benzene rings is 2. The van der Waals surface area contributed by atoms with E-state index in [1.807, 2.05) is 50.5 Å². The fourth-order valence-corrected chi connectivity index (χ4v) is 5.31. The molecule has 3 heterocycles. The van der Waals surface area contributed by atoms with Gasteiger partial charge in [0.05, 0.1) is 57.9 Å². The maximum absolute atomic E-state index is 13.4. The Kier molecular flexibility index (Phi) is 6.80. The van der Waals surface area contributed by atoms with Gasteiger partial charge < -0.3 is 23.5 Å². The Bertz CT molecular complexity index is 1410. The van der Waals surface area contributed by atoms with Crippen molar-refractivity contribution in [2.24, 2.45) is 0 Å². The SMILES string of the molecule is [B]C([B])([B])N(C)C1CC(c2c(C=O)cccc2OC(F)F)n2c1nc1ccc(B3OC(C)(C)C(C)(C)O3)cc12. The molecule has 6 radical (unpaired) electrons. The van der Waals surface area contributed by atoms with E-state index in [9.17, 15) is 13.6 Å². The maximum atomic E-state index is 13.4. The first-order chi connectivity index (χ1) is 18.1. The summed E-state index contributed by atoms with van der Waals surface area (Å²) in [6.07, 6.45) is 0.922. The summed E-state index contributed by atoms with van der Waals surface area (Å²) in [6.45, 7) is 4.80. The molecule has 7 nitrogen and oxygen atoms in total. The minimum absolute atomic E-state index is 0.0997. The third-order valence-electron chi connectivity index (χ3n) is 8.18. The van der Waals surface area contributed by atoms with Crippen molar-refractivity contribution in [1.82, 2.24) is 14.5 Å². The number of imidazole rings is 1. The van der Waals surface area contributed by atoms with Crippen LogP contribution in [0.4, 0.5) is 8.78 Å². The molecular weight excluding hydrogens is 500 g/mol. The second-order valence-electron chi connectivity index (χ2n) is 11.2. The van der Waals surface area contributed by atoms with Crippen LogP contribution in [0.1, 0.15) is 67.9 Å². The number of carbonyl (C=O) groups is 1. The Balaban J connectivity index is 1.70. The van der Waals surface area contributed by atoms with Crippen molar-refractivity contribution in [2.75, 3.05) is 7.05 Å². The van der Waals surface area contributed by atoms with Crippen LogP contribution < -0.4 is 10.2 Å². The summed E-state index contributed by atoms with van der Waals surface area (Å²) in [6, 6.07) is 8.98. The molecule has 1 saturated heterocycles. The molecule has 0 aliphatic carbocycles. The Morgan fingerprint density at radius 3 is 2.44 bits per heavy atom. The first-order valence-corrected chi connectivity index (χ1v) is 12.6. The number of hydrogen-bond donors (Lipinski definition) is 0. The molecule has 3 aromatic rings. The number of carbonyl (C=O) groups excluding carboxylic acids is 1. The average Bonchev–Trinajstić information content (AvgIpc) is 3.45. The smallest absolute Gasteiger partial charge is 0.434 e. The maximum Gasteiger partial charge on any atom is 0.494 e. The van der Waals surface area contributed by atoms with E-state index in [2.05, 4.69) is 0 Å². The molecule has 2 aliphatic rings. The van der Waals surface area contributed by atoms with Crippen LogP contribution in [0.5, 0.6) is 5.75 Å². The highest BCUT2D eigenvalue weighted by Gasteiger charge is 2.52. The predicted octanol–water partition coefficient (Wildman–Crippen LogP) is 2.83. The third kappa shape index (κ3) is 4.72. The highest BCUT2D eigenvalue weighted by Crippen LogP contribution is 2.47. The molecular formula is C26H27B4F2N3O4. The molecule has 1 aromatic heterocycles. The van der Waals surface area contributed by atoms with Gasteiger partial charge in [0, 0.05) is 11.1 Å². The van der Waals surface area contributed by atoms with E-state index in [1.54, 1.807) is 18.0 Å². The van der Waals surface area contributed by atoms with E-state index in [0.717, 1.165) is 5.46 Å². The lowest BCUT2D eigenvalue weighted by atomic mass is 9.48. The van der Waals surface area contributed by atoms with Gasteiger partial charge in [0.25, 0.3) is 0 Å². The average molecular weight is 527 g/mol. The molecule has 0 N–H and O–H groups in total. The zero-order valence-electron chi connectivity index (χ0n) is 22.5. The van der Waals surface area contributed by atoms with E-state index in [4.69, 9.17) is 42.6 Å². The van der Waals surface area contributed by atoms with Crippen molar-refractivity contribution >= 4 is 53.4 Å². The molecule has 0 amide bonds. The second-order valence-corrected chi connectivity index (χ2v) is 11.2. The van der Waals surface area contributed by atoms with Crippen LogP contribution >= 0.6 is 0 Å². The van der Waals surface area contributed by atoms with Crippen molar-refractivity contribution < 1.29 is 27.6 Å². The molecule has 0 bridgehead atoms. The van der Waals surface area contributed by atoms with E-state index >= 15 is 0 Å². The monoisotopic (exact) mass is 527 g/mol. The number of nitrogens with zero attached hydrogens (tertiary/aromatic N) is 3. The largest absolute Gasteiger partial charge is 0.494 e. The molecule has 39 heavy (non-hydrogen) atoms. The number of ether oxygens (including phenoxy) is 1. The summed E-state index contributed by atoms with van der Waals surface area (Å²) in [4.78, 5) is 18.5. The summed E-state index contributed by atoms with van der Waals surface area (Å²) in [7, 11) is 19.1. The molecule has 2 unspecified atom stereocenters. The van der Waals surface area contributed by atoms with Crippen molar-refractivity contribution in [1.29, 1.82) is 0 Å². The van der Waals surface area contributed by atoms with Gasteiger partial charge in [-0.25, -0.2) is 4.98 Å². The lowest BCUT2D eigenvalue weighted by Crippen LogP contribution is -2.49. The Morgan fingerprint density at radius 2 is 1.85 bits per heavy atom. The molecule has 0 saturated carbocycles. The first-order valence-electron chi connectivity index (χ1n) is 12.6. The Hall–Kier alpha value is -2.62. The molecule has 2 aliphatic heterocycles. The van der Waals surface area contributed by atoms with Crippen molar-refractivity contribution in [3.63, 3.8) is 0 Å². The first kappa shape index (κ1) is 27.9. The van der Waals surface area contributed by atoms with Gasteiger partial charge >= 0.3 is 13.7 Å². The number of aldehydes is 1. The third-order valence-corrected chi connectivity index (χ3v) is 8.18. The van der Waals surface area contributed by atoms with E-state index in [0.29, 0.717) is 35.1 Å². The number of rotatable bonds is 7. The van der Waals surface area contributed by atoms with Gasteiger partial charge in [0.2, 0.25) is 0 Å². The highest BCUT2D eigenvalue weighted by atomic mass is 19.3. The zero-order chi connectivity index (χ0) is 28.5. The quantitative estimate of drug-likeness (QED) is 0.349. The fourth-order valence-electron chi connectivity index (χ4n) is 5.31. The van der Waals surface area contributed by atoms with Crippen LogP contribution in [-0.4, -0.2) is 81.5 Å². The Labute approximate surface area is 230 Å². The van der Waals surface area contributed by atoms with Gasteiger partial charge in [-0.1, -0.05) is 23.4 Å². The van der Waals surface area contributed by atoms with Crippen molar-refractivity contribution in [3.8, 4) is 5.75 Å². The Morgan fingerprint density at radius 1 is 1.18 bits per heavy atom. The summed E-state index contributed by atoms with van der Waals surface area (Å²) in [5.41, 5.74) is 1.54. The summed E-state index contributed by atoms with van der Waals surface area (Å²) >= 11 is 0. The number of alkyl halides is 2. The fraction of sp³-hybridized carbons (Fsp3) is 0.462. The number of aromatic nitrogens is 2. The van der Waals surface area contributed by atoms with Gasteiger partial charge in [-0.05, 0) is 64.8 Å². The lowest BCUT2D eigenvalue weighted by molar-refractivity contribution is -0.0507. The highest BCUT2D eigenvalue weighted by molar-refractivity contribution is 6.62. The van der Waals surface area contributed by atoms with Crippen LogP contribution in [-0.2, 0) is 9.31 Å². The molecule has 2 atom stereocenters. The van der Waals surface area contributed by atoms with Crippen LogP contribution in [0.25, 0.3) is 11.0 Å². The normalized spacial score (nSPS) is 22.1. The standard InChI is InChI=1S/C26H27B4F2N3O4/c1-24(2)25(3,4)39-30(38-24)15-9-10-16-17(11-15)35-18(12-19(22(35)33-16)34(5)26(27,28)29)21-14(13-36)7-6-8-20(21)37-23(31)32/h6-11,13,18-19,23H,12H2,1-5H3. The zero-order valence-corrected chi connectivity index (χ0v) is 22.5. The van der Waals surface area contributed by atoms with Gasteiger partial charge in [-0.15, -0.1) is 0 Å². The number of fused-ring (bicyclic) bond motifs is 3.